The molecule has 3 heterocycles. The van der Waals surface area contributed by atoms with Gasteiger partial charge in [0.15, 0.2) is 18.0 Å². The summed E-state index contributed by atoms with van der Waals surface area (Å²) in [5.74, 6) is -3.51. The Morgan fingerprint density at radius 3 is 2.17 bits per heavy atom. The molecule has 7 atom stereocenters. The molecule has 53 heavy (non-hydrogen) atoms. The first-order valence-corrected chi connectivity index (χ1v) is 18.3. The molecule has 1 unspecified atom stereocenters. The number of benzene rings is 1. The first-order valence-electron chi connectivity index (χ1n) is 16.8. The molecule has 0 amide bonds. The Balaban J connectivity index is 1.72. The van der Waals surface area contributed by atoms with Crippen LogP contribution in [0.25, 0.3) is 5.52 Å². The van der Waals surface area contributed by atoms with E-state index in [0.29, 0.717) is 16.8 Å². The van der Waals surface area contributed by atoms with Crippen LogP contribution in [0, 0.1) is 11.8 Å². The molecule has 1 fully saturated rings. The van der Waals surface area contributed by atoms with E-state index < -0.39 is 86.1 Å². The molecule has 19 heteroatoms. The van der Waals surface area contributed by atoms with Crippen molar-refractivity contribution in [3.8, 4) is 5.75 Å². The van der Waals surface area contributed by atoms with Crippen LogP contribution in [0.1, 0.15) is 58.9 Å². The highest BCUT2D eigenvalue weighted by atomic mass is 31.2. The maximum Gasteiger partial charge on any atom is 0.459 e. The number of hydrogen-bond acceptors (Lipinski definition) is 16. The van der Waals surface area contributed by atoms with Crippen LogP contribution < -0.4 is 21.1 Å². The van der Waals surface area contributed by atoms with Crippen molar-refractivity contribution in [1.82, 2.24) is 19.7 Å². The molecule has 1 aliphatic heterocycles. The van der Waals surface area contributed by atoms with Gasteiger partial charge in [0, 0.05) is 0 Å². The molecule has 290 valence electrons. The quantitative estimate of drug-likeness (QED) is 0.108. The fourth-order valence-electron chi connectivity index (χ4n) is 5.39. The molecular formula is C34H47N6O12P. The molecular weight excluding hydrogens is 715 g/mol. The van der Waals surface area contributed by atoms with Gasteiger partial charge in [-0.3, -0.25) is 23.7 Å². The van der Waals surface area contributed by atoms with Crippen molar-refractivity contribution in [2.45, 2.75) is 84.0 Å². The zero-order valence-corrected chi connectivity index (χ0v) is 31.7. The molecule has 3 aromatic rings. The predicted molar refractivity (Wildman–Crippen MR) is 188 cm³/mol. The number of methoxy groups -OCH3 is 2. The van der Waals surface area contributed by atoms with Gasteiger partial charge >= 0.3 is 31.6 Å². The van der Waals surface area contributed by atoms with Gasteiger partial charge in [-0.15, -0.1) is 0 Å². The lowest BCUT2D eigenvalue weighted by Crippen LogP contribution is -2.49. The van der Waals surface area contributed by atoms with E-state index >= 15 is 0 Å². The van der Waals surface area contributed by atoms with Crippen LogP contribution >= 0.6 is 7.75 Å². The van der Waals surface area contributed by atoms with Gasteiger partial charge in [0.25, 0.3) is 0 Å². The largest absolute Gasteiger partial charge is 0.468 e. The zero-order valence-electron chi connectivity index (χ0n) is 30.8. The minimum absolute atomic E-state index is 0.0621. The minimum atomic E-state index is -4.51. The molecule has 1 aliphatic rings. The van der Waals surface area contributed by atoms with Crippen LogP contribution in [-0.2, 0) is 58.4 Å². The summed E-state index contributed by atoms with van der Waals surface area (Å²) in [4.78, 5) is 54.5. The van der Waals surface area contributed by atoms with Crippen molar-refractivity contribution >= 4 is 43.0 Å². The van der Waals surface area contributed by atoms with Crippen LogP contribution in [0.5, 0.6) is 5.75 Å². The Morgan fingerprint density at radius 2 is 1.57 bits per heavy atom. The highest BCUT2D eigenvalue weighted by Crippen LogP contribution is 2.50. The predicted octanol–water partition coefficient (Wildman–Crippen LogP) is 2.67. The summed E-state index contributed by atoms with van der Waals surface area (Å²) < 4.78 is 55.8. The lowest BCUT2D eigenvalue weighted by atomic mass is 9.95. The van der Waals surface area contributed by atoms with Crippen molar-refractivity contribution in [2.24, 2.45) is 17.6 Å². The van der Waals surface area contributed by atoms with E-state index in [4.69, 9.17) is 39.5 Å². The fourth-order valence-corrected chi connectivity index (χ4v) is 6.98. The van der Waals surface area contributed by atoms with Gasteiger partial charge < -0.3 is 39.7 Å². The summed E-state index contributed by atoms with van der Waals surface area (Å²) in [6.07, 6.45) is -2.28. The van der Waals surface area contributed by atoms with Gasteiger partial charge in [-0.1, -0.05) is 39.8 Å². The van der Waals surface area contributed by atoms with Crippen LogP contribution in [0.2, 0.25) is 0 Å². The van der Waals surface area contributed by atoms with Gasteiger partial charge in [-0.05, 0) is 50.1 Å². The molecule has 0 aliphatic carbocycles. The second-order valence-corrected chi connectivity index (χ2v) is 15.0. The zero-order chi connectivity index (χ0) is 39.2. The van der Waals surface area contributed by atoms with Crippen LogP contribution in [0.15, 0.2) is 42.7 Å². The number of carbonyl (C=O) groups is 4. The minimum Gasteiger partial charge on any atom is -0.468 e. The molecule has 18 nitrogen and oxygen atoms in total. The summed E-state index contributed by atoms with van der Waals surface area (Å²) in [5.41, 5.74) is 11.8. The number of aromatic nitrogens is 3. The third-order valence-electron chi connectivity index (χ3n) is 8.37. The molecule has 4 rings (SSSR count). The summed E-state index contributed by atoms with van der Waals surface area (Å²) in [6, 6.07) is 7.38. The van der Waals surface area contributed by atoms with Gasteiger partial charge in [0.05, 0.1) is 38.4 Å². The Hall–Kier alpha value is -4.61. The molecule has 0 saturated carbocycles. The number of nitrogens with one attached hydrogen (secondary N) is 1. The SMILES string of the molecule is COC(=O)[C@H](C)NP(=O)(OC[C@@]1(C)O[C@@H](c2ccc3c(N)ncnn23)[C@H](OC(=O)C(C)C)[C@@H]1OC(=O)C(C)C)Oc1ccc(C[C@H](N)C(=O)OC)cc1. The van der Waals surface area contributed by atoms with Gasteiger partial charge in [0.2, 0.25) is 0 Å². The number of nitrogens with two attached hydrogens (primary N) is 2. The number of hydrogen-bond donors (Lipinski definition) is 3. The van der Waals surface area contributed by atoms with Crippen molar-refractivity contribution in [3.05, 3.63) is 54.0 Å². The highest BCUT2D eigenvalue weighted by molar-refractivity contribution is 7.52. The molecule has 0 spiro atoms. The maximum absolute atomic E-state index is 14.5. The first-order chi connectivity index (χ1) is 24.9. The Bertz CT molecular complexity index is 1840. The van der Waals surface area contributed by atoms with Crippen molar-refractivity contribution in [1.29, 1.82) is 0 Å². The second-order valence-electron chi connectivity index (χ2n) is 13.3. The van der Waals surface area contributed by atoms with E-state index in [1.54, 1.807) is 52.0 Å². The molecule has 1 aromatic carbocycles. The van der Waals surface area contributed by atoms with E-state index in [1.807, 2.05) is 0 Å². The number of anilines is 1. The Labute approximate surface area is 306 Å². The van der Waals surface area contributed by atoms with Crippen LogP contribution in [0.4, 0.5) is 5.82 Å². The monoisotopic (exact) mass is 762 g/mol. The summed E-state index contributed by atoms with van der Waals surface area (Å²) in [7, 11) is -2.11. The molecule has 0 radical (unpaired) electrons. The molecule has 5 N–H and O–H groups in total. The number of nitrogens with zero attached hydrogens (tertiary/aromatic N) is 3. The second kappa shape index (κ2) is 17.0. The number of fused-ring (bicyclic) bond motifs is 1. The van der Waals surface area contributed by atoms with Gasteiger partial charge in [-0.25, -0.2) is 14.1 Å². The number of rotatable bonds is 16. The summed E-state index contributed by atoms with van der Waals surface area (Å²) in [5, 5.41) is 6.88. The number of carbonyl (C=O) groups excluding carboxylic acids is 4. The van der Waals surface area contributed by atoms with E-state index in [0.717, 1.165) is 7.11 Å². The van der Waals surface area contributed by atoms with Gasteiger partial charge in [0.1, 0.15) is 41.4 Å². The Kier molecular flexibility index (Phi) is 13.2. The molecule has 1 saturated heterocycles. The van der Waals surface area contributed by atoms with Gasteiger partial charge in [-0.2, -0.15) is 10.2 Å². The normalized spacial score (nSPS) is 22.2. The number of esters is 4. The highest BCUT2D eigenvalue weighted by Gasteiger charge is 2.59. The van der Waals surface area contributed by atoms with E-state index in [9.17, 15) is 23.7 Å². The Morgan fingerprint density at radius 1 is 0.943 bits per heavy atom. The average molecular weight is 763 g/mol. The summed E-state index contributed by atoms with van der Waals surface area (Å²) in [6.45, 7) is 8.90. The molecule has 0 bridgehead atoms. The summed E-state index contributed by atoms with van der Waals surface area (Å²) >= 11 is 0. The fraction of sp³-hybridized carbons (Fsp3) is 0.529. The van der Waals surface area contributed by atoms with Crippen LogP contribution in [0.3, 0.4) is 0 Å². The van der Waals surface area contributed by atoms with E-state index in [1.165, 1.54) is 43.9 Å². The topological polar surface area (TPSA) is 244 Å². The smallest absolute Gasteiger partial charge is 0.459 e. The van der Waals surface area contributed by atoms with Crippen LogP contribution in [-0.4, -0.2) is 89.2 Å². The maximum atomic E-state index is 14.5. The third kappa shape index (κ3) is 9.69. The molecule has 2 aromatic heterocycles. The number of nitrogen functional groups attached to an aromatic ring is 1. The lowest BCUT2D eigenvalue weighted by Gasteiger charge is -2.33. The van der Waals surface area contributed by atoms with Crippen molar-refractivity contribution in [2.75, 3.05) is 26.6 Å². The average Bonchev–Trinajstić information content (AvgIpc) is 3.66. The third-order valence-corrected chi connectivity index (χ3v) is 10.00. The van der Waals surface area contributed by atoms with E-state index in [2.05, 4.69) is 19.9 Å². The lowest BCUT2D eigenvalue weighted by molar-refractivity contribution is -0.175. The number of ether oxygens (including phenoxy) is 5. The first kappa shape index (κ1) is 41.2. The van der Waals surface area contributed by atoms with Crippen molar-refractivity contribution in [3.63, 3.8) is 0 Å². The standard InChI is InChI=1S/C34H47N6O12P/c1-18(2)30(41)49-27-26(24-13-14-25-29(36)37-17-38-40(24)25)51-34(6,28(27)50-31(42)19(3)4)16-48-53(45,39-20(5)32(43)46-7)52-22-11-9-21(10-12-22)15-23(35)33(44)47-8/h9-14,17-20,23,26-28H,15-16,35H2,1-8H3,(H,39,45)(H2,36,37,38)/t20-,23-,26-,27-,28-,34+,53?/m0/s1. The van der Waals surface area contributed by atoms with Crippen molar-refractivity contribution < 1.29 is 56.5 Å². The van der Waals surface area contributed by atoms with E-state index in [-0.39, 0.29) is 18.0 Å².